The number of nitrogens with one attached hydrogen (secondary N) is 1. The van der Waals surface area contributed by atoms with Crippen molar-refractivity contribution in [3.05, 3.63) is 108 Å². The van der Waals surface area contributed by atoms with E-state index in [-0.39, 0.29) is 5.75 Å². The predicted molar refractivity (Wildman–Crippen MR) is 114 cm³/mol. The third-order valence-corrected chi connectivity index (χ3v) is 4.54. The first-order valence-electron chi connectivity index (χ1n) is 9.88. The summed E-state index contributed by atoms with van der Waals surface area (Å²) in [4.78, 5) is 0. The van der Waals surface area contributed by atoms with Gasteiger partial charge in [-0.15, -0.1) is 13.2 Å². The second-order valence-corrected chi connectivity index (χ2v) is 6.86. The van der Waals surface area contributed by atoms with E-state index in [4.69, 9.17) is 0 Å². The number of hydrogen-bond donors (Lipinski definition) is 1. The second-order valence-electron chi connectivity index (χ2n) is 6.86. The Morgan fingerprint density at radius 1 is 0.833 bits per heavy atom. The van der Waals surface area contributed by atoms with Crippen LogP contribution in [0.15, 0.2) is 91.0 Å². The average Bonchev–Trinajstić information content (AvgIpc) is 2.73. The van der Waals surface area contributed by atoms with E-state index in [1.807, 2.05) is 36.4 Å². The largest absolute Gasteiger partial charge is 0.573 e. The molecule has 0 amide bonds. The zero-order chi connectivity index (χ0) is 21.2. The lowest BCUT2D eigenvalue weighted by Gasteiger charge is -2.11. The summed E-state index contributed by atoms with van der Waals surface area (Å²) in [6.45, 7) is 1.25. The van der Waals surface area contributed by atoms with Crippen LogP contribution in [0.25, 0.3) is 5.57 Å². The van der Waals surface area contributed by atoms with Crippen molar-refractivity contribution in [2.75, 3.05) is 6.54 Å². The number of allylic oxidation sites excluding steroid dienone is 1. The Bertz CT molecular complexity index is 896. The number of ether oxygens (including phenoxy) is 1. The Kier molecular flexibility index (Phi) is 7.69. The van der Waals surface area contributed by atoms with Crippen molar-refractivity contribution in [2.45, 2.75) is 25.7 Å². The lowest BCUT2D eigenvalue weighted by molar-refractivity contribution is -0.274. The van der Waals surface area contributed by atoms with Crippen LogP contribution in [0, 0.1) is 0 Å². The molecule has 0 aliphatic rings. The van der Waals surface area contributed by atoms with Crippen LogP contribution >= 0.6 is 0 Å². The molecule has 0 saturated carbocycles. The van der Waals surface area contributed by atoms with Crippen LogP contribution in [0.3, 0.4) is 0 Å². The summed E-state index contributed by atoms with van der Waals surface area (Å²) in [5.41, 5.74) is 4.31. The number of hydrogen-bond acceptors (Lipinski definition) is 2. The van der Waals surface area contributed by atoms with Gasteiger partial charge in [0.2, 0.25) is 0 Å². The van der Waals surface area contributed by atoms with E-state index in [0.717, 1.165) is 24.9 Å². The van der Waals surface area contributed by atoms with E-state index in [2.05, 4.69) is 40.4 Å². The number of unbranched alkanes of at least 4 members (excludes halogenated alkanes) is 1. The van der Waals surface area contributed by atoms with Gasteiger partial charge in [0.15, 0.2) is 0 Å². The molecule has 0 spiro atoms. The van der Waals surface area contributed by atoms with Crippen molar-refractivity contribution in [3.8, 4) is 5.75 Å². The molecule has 3 rings (SSSR count). The minimum atomic E-state index is -4.67. The van der Waals surface area contributed by atoms with E-state index in [0.29, 0.717) is 6.54 Å². The summed E-state index contributed by atoms with van der Waals surface area (Å²) in [6.07, 6.45) is -0.622. The minimum absolute atomic E-state index is 0.194. The molecule has 156 valence electrons. The predicted octanol–water partition coefficient (Wildman–Crippen LogP) is 6.59. The van der Waals surface area contributed by atoms with Crippen LogP contribution < -0.4 is 10.1 Å². The fourth-order valence-corrected chi connectivity index (χ4v) is 3.20. The topological polar surface area (TPSA) is 21.3 Å². The Balaban J connectivity index is 1.52. The van der Waals surface area contributed by atoms with Gasteiger partial charge in [0.25, 0.3) is 0 Å². The quantitative estimate of drug-likeness (QED) is 0.401. The van der Waals surface area contributed by atoms with E-state index in [1.54, 1.807) is 12.1 Å². The average molecular weight is 411 g/mol. The molecule has 5 heteroatoms. The van der Waals surface area contributed by atoms with Crippen LogP contribution in [0.2, 0.25) is 0 Å². The summed E-state index contributed by atoms with van der Waals surface area (Å²) >= 11 is 0. The molecule has 0 aliphatic carbocycles. The molecule has 1 N–H and O–H groups in total. The molecule has 3 aromatic carbocycles. The molecule has 2 nitrogen and oxygen atoms in total. The summed E-state index contributed by atoms with van der Waals surface area (Å²) in [7, 11) is 0. The third kappa shape index (κ3) is 7.08. The summed E-state index contributed by atoms with van der Waals surface area (Å²) in [5.74, 6) is -0.194. The highest BCUT2D eigenvalue weighted by atomic mass is 19.4. The lowest BCUT2D eigenvalue weighted by atomic mass is 9.96. The molecule has 0 aromatic heterocycles. The number of benzene rings is 3. The van der Waals surface area contributed by atoms with Crippen LogP contribution in [0.5, 0.6) is 5.75 Å². The van der Waals surface area contributed by atoms with Gasteiger partial charge >= 0.3 is 6.36 Å². The smallest absolute Gasteiger partial charge is 0.406 e. The molecule has 0 radical (unpaired) electrons. The molecule has 0 atom stereocenters. The highest BCUT2D eigenvalue weighted by molar-refractivity contribution is 5.79. The summed E-state index contributed by atoms with van der Waals surface area (Å²) < 4.78 is 41.0. The van der Waals surface area contributed by atoms with Crippen molar-refractivity contribution in [2.24, 2.45) is 0 Å². The van der Waals surface area contributed by atoms with Crippen molar-refractivity contribution >= 4 is 5.57 Å². The van der Waals surface area contributed by atoms with Gasteiger partial charge in [0, 0.05) is 6.54 Å². The standard InChI is InChI=1S/C25H24F3NO/c26-25(27,28)30-23-15-9-10-20(18-23)19-29-17-8-7-16-24(21-11-3-1-4-12-21)22-13-5-2-6-14-22/h1-6,9-16,18,29H,7-8,17,19H2. The van der Waals surface area contributed by atoms with E-state index in [1.165, 1.54) is 28.8 Å². The van der Waals surface area contributed by atoms with Gasteiger partial charge in [0.1, 0.15) is 5.75 Å². The van der Waals surface area contributed by atoms with Crippen molar-refractivity contribution in [3.63, 3.8) is 0 Å². The second kappa shape index (κ2) is 10.6. The summed E-state index contributed by atoms with van der Waals surface area (Å²) in [5, 5.41) is 3.28. The first kappa shape index (κ1) is 21.7. The molecule has 0 unspecified atom stereocenters. The molecule has 0 saturated heterocycles. The van der Waals surface area contributed by atoms with E-state index >= 15 is 0 Å². The highest BCUT2D eigenvalue weighted by Crippen LogP contribution is 2.24. The van der Waals surface area contributed by atoms with Crippen molar-refractivity contribution < 1.29 is 17.9 Å². The zero-order valence-electron chi connectivity index (χ0n) is 16.5. The van der Waals surface area contributed by atoms with Gasteiger partial charge in [-0.05, 0) is 53.8 Å². The Hall–Kier alpha value is -3.05. The fraction of sp³-hybridized carbons (Fsp3) is 0.200. The number of alkyl halides is 3. The normalized spacial score (nSPS) is 11.2. The molecular formula is C25H24F3NO. The van der Waals surface area contributed by atoms with Gasteiger partial charge < -0.3 is 10.1 Å². The number of halogens is 3. The van der Waals surface area contributed by atoms with Crippen molar-refractivity contribution in [1.29, 1.82) is 0 Å². The zero-order valence-corrected chi connectivity index (χ0v) is 16.5. The Morgan fingerprint density at radius 2 is 1.47 bits per heavy atom. The maximum atomic E-state index is 12.3. The number of rotatable bonds is 9. The van der Waals surface area contributed by atoms with E-state index < -0.39 is 6.36 Å². The lowest BCUT2D eigenvalue weighted by Crippen LogP contribution is -2.18. The SMILES string of the molecule is FC(F)(F)Oc1cccc(CNCCCC=C(c2ccccc2)c2ccccc2)c1. The monoisotopic (exact) mass is 411 g/mol. The Labute approximate surface area is 175 Å². The highest BCUT2D eigenvalue weighted by Gasteiger charge is 2.31. The van der Waals surface area contributed by atoms with Gasteiger partial charge in [0.05, 0.1) is 0 Å². The molecule has 0 fully saturated rings. The molecule has 0 aliphatic heterocycles. The maximum Gasteiger partial charge on any atom is 0.573 e. The maximum absolute atomic E-state index is 12.3. The summed E-state index contributed by atoms with van der Waals surface area (Å²) in [6, 6.07) is 26.6. The molecular weight excluding hydrogens is 387 g/mol. The Morgan fingerprint density at radius 3 is 2.07 bits per heavy atom. The fourth-order valence-electron chi connectivity index (χ4n) is 3.20. The first-order chi connectivity index (χ1) is 14.5. The van der Waals surface area contributed by atoms with Crippen LogP contribution in [0.4, 0.5) is 13.2 Å². The van der Waals surface area contributed by atoms with Crippen molar-refractivity contribution in [1.82, 2.24) is 5.32 Å². The van der Waals surface area contributed by atoms with Crippen LogP contribution in [-0.4, -0.2) is 12.9 Å². The van der Waals surface area contributed by atoms with E-state index in [9.17, 15) is 13.2 Å². The molecule has 0 bridgehead atoms. The molecule has 30 heavy (non-hydrogen) atoms. The van der Waals surface area contributed by atoms with Crippen LogP contribution in [-0.2, 0) is 6.54 Å². The minimum Gasteiger partial charge on any atom is -0.406 e. The van der Waals surface area contributed by atoms with Gasteiger partial charge in [-0.3, -0.25) is 0 Å². The first-order valence-corrected chi connectivity index (χ1v) is 9.88. The molecule has 0 heterocycles. The van der Waals surface area contributed by atoms with Gasteiger partial charge in [-0.2, -0.15) is 0 Å². The third-order valence-electron chi connectivity index (χ3n) is 4.54. The molecule has 3 aromatic rings. The van der Waals surface area contributed by atoms with Crippen LogP contribution in [0.1, 0.15) is 29.5 Å². The van der Waals surface area contributed by atoms with Gasteiger partial charge in [-0.1, -0.05) is 78.9 Å². The van der Waals surface area contributed by atoms with Gasteiger partial charge in [-0.25, -0.2) is 0 Å².